The molecule has 4 nitrogen and oxygen atoms in total. The van der Waals surface area contributed by atoms with Crippen LogP contribution in [0.25, 0.3) is 21.8 Å². The van der Waals surface area contributed by atoms with E-state index in [1.807, 2.05) is 24.3 Å². The largest absolute Gasteiger partial charge is 0.354 e. The Balaban J connectivity index is 2.52. The fraction of sp³-hybridized carbons (Fsp3) is 0. The molecule has 0 saturated carbocycles. The molecular formula is C12H7BrN2O2. The van der Waals surface area contributed by atoms with Crippen molar-refractivity contribution < 1.29 is 4.92 Å². The molecule has 0 radical (unpaired) electrons. The SMILES string of the molecule is O=[N+]([O-])c1ccc2[nH]c3ccccc3c2c1Br. The Kier molecular flexibility index (Phi) is 2.16. The zero-order valence-corrected chi connectivity index (χ0v) is 10.2. The average Bonchev–Trinajstić information content (AvgIpc) is 2.67. The topological polar surface area (TPSA) is 58.9 Å². The van der Waals surface area contributed by atoms with Gasteiger partial charge in [0.15, 0.2) is 0 Å². The molecule has 0 fully saturated rings. The second kappa shape index (κ2) is 3.56. The number of H-pyrrole nitrogens is 1. The van der Waals surface area contributed by atoms with Crippen molar-refractivity contribution in [3.63, 3.8) is 0 Å². The maximum Gasteiger partial charge on any atom is 0.284 e. The van der Waals surface area contributed by atoms with Crippen LogP contribution in [0.15, 0.2) is 40.9 Å². The molecule has 2 aromatic carbocycles. The van der Waals surface area contributed by atoms with E-state index in [0.29, 0.717) is 4.47 Å². The van der Waals surface area contributed by atoms with Crippen LogP contribution >= 0.6 is 15.9 Å². The minimum Gasteiger partial charge on any atom is -0.354 e. The number of nitro groups is 1. The van der Waals surface area contributed by atoms with E-state index in [2.05, 4.69) is 20.9 Å². The quantitative estimate of drug-likeness (QED) is 0.544. The smallest absolute Gasteiger partial charge is 0.284 e. The number of hydrogen-bond donors (Lipinski definition) is 1. The van der Waals surface area contributed by atoms with Gasteiger partial charge in [-0.1, -0.05) is 18.2 Å². The van der Waals surface area contributed by atoms with Crippen molar-refractivity contribution in [2.75, 3.05) is 0 Å². The van der Waals surface area contributed by atoms with Crippen LogP contribution in [0.2, 0.25) is 0 Å². The monoisotopic (exact) mass is 290 g/mol. The lowest BCUT2D eigenvalue weighted by Crippen LogP contribution is -1.89. The highest BCUT2D eigenvalue weighted by Crippen LogP contribution is 2.37. The minimum atomic E-state index is -0.384. The van der Waals surface area contributed by atoms with E-state index in [9.17, 15) is 10.1 Å². The van der Waals surface area contributed by atoms with E-state index in [1.165, 1.54) is 6.07 Å². The zero-order valence-electron chi connectivity index (χ0n) is 8.61. The van der Waals surface area contributed by atoms with Gasteiger partial charge in [-0.3, -0.25) is 10.1 Å². The Hall–Kier alpha value is -1.88. The lowest BCUT2D eigenvalue weighted by atomic mass is 10.1. The fourth-order valence-electron chi connectivity index (χ4n) is 2.03. The van der Waals surface area contributed by atoms with Crippen LogP contribution < -0.4 is 0 Å². The molecule has 0 spiro atoms. The van der Waals surface area contributed by atoms with Crippen molar-refractivity contribution in [2.24, 2.45) is 0 Å². The summed E-state index contributed by atoms with van der Waals surface area (Å²) < 4.78 is 0.525. The minimum absolute atomic E-state index is 0.0854. The molecule has 1 aromatic heterocycles. The van der Waals surface area contributed by atoms with Crippen molar-refractivity contribution in [1.82, 2.24) is 4.98 Å². The summed E-state index contributed by atoms with van der Waals surface area (Å²) in [7, 11) is 0. The number of nitrogens with zero attached hydrogens (tertiary/aromatic N) is 1. The van der Waals surface area contributed by atoms with E-state index < -0.39 is 0 Å². The zero-order chi connectivity index (χ0) is 12.0. The van der Waals surface area contributed by atoms with Crippen molar-refractivity contribution >= 4 is 43.4 Å². The Morgan fingerprint density at radius 2 is 1.88 bits per heavy atom. The van der Waals surface area contributed by atoms with E-state index >= 15 is 0 Å². The number of fused-ring (bicyclic) bond motifs is 3. The molecule has 1 heterocycles. The van der Waals surface area contributed by atoms with Crippen molar-refractivity contribution in [3.05, 3.63) is 51.0 Å². The fourth-order valence-corrected chi connectivity index (χ4v) is 2.73. The van der Waals surface area contributed by atoms with Gasteiger partial charge in [-0.15, -0.1) is 0 Å². The van der Waals surface area contributed by atoms with Crippen LogP contribution in [-0.4, -0.2) is 9.91 Å². The van der Waals surface area contributed by atoms with Gasteiger partial charge in [0, 0.05) is 27.9 Å². The van der Waals surface area contributed by atoms with Gasteiger partial charge >= 0.3 is 0 Å². The highest BCUT2D eigenvalue weighted by atomic mass is 79.9. The van der Waals surface area contributed by atoms with Gasteiger partial charge in [0.1, 0.15) is 4.47 Å². The highest BCUT2D eigenvalue weighted by molar-refractivity contribution is 9.10. The van der Waals surface area contributed by atoms with Gasteiger partial charge in [-0.05, 0) is 28.1 Å². The Bertz CT molecular complexity index is 749. The van der Waals surface area contributed by atoms with Crippen LogP contribution in [0.3, 0.4) is 0 Å². The first kappa shape index (κ1) is 10.3. The molecule has 1 N–H and O–H groups in total. The van der Waals surface area contributed by atoms with Gasteiger partial charge in [0.25, 0.3) is 5.69 Å². The number of benzene rings is 2. The van der Waals surface area contributed by atoms with Crippen molar-refractivity contribution in [2.45, 2.75) is 0 Å². The molecule has 0 saturated heterocycles. The summed E-state index contributed by atoms with van der Waals surface area (Å²) in [6.07, 6.45) is 0. The summed E-state index contributed by atoms with van der Waals surface area (Å²) >= 11 is 3.32. The molecule has 3 rings (SSSR count). The molecule has 0 amide bonds. The molecule has 5 heteroatoms. The normalized spacial score (nSPS) is 11.1. The molecule has 0 unspecified atom stereocenters. The Morgan fingerprint density at radius 1 is 1.12 bits per heavy atom. The third-order valence-electron chi connectivity index (χ3n) is 2.78. The molecule has 17 heavy (non-hydrogen) atoms. The maximum atomic E-state index is 10.9. The molecular weight excluding hydrogens is 284 g/mol. The number of hydrogen-bond acceptors (Lipinski definition) is 2. The predicted octanol–water partition coefficient (Wildman–Crippen LogP) is 3.99. The second-order valence-corrected chi connectivity index (χ2v) is 4.54. The Morgan fingerprint density at radius 3 is 2.65 bits per heavy atom. The van der Waals surface area contributed by atoms with E-state index in [0.717, 1.165) is 21.8 Å². The van der Waals surface area contributed by atoms with Gasteiger partial charge < -0.3 is 4.98 Å². The van der Waals surface area contributed by atoms with Crippen LogP contribution in [0.1, 0.15) is 0 Å². The number of rotatable bonds is 1. The highest BCUT2D eigenvalue weighted by Gasteiger charge is 2.17. The lowest BCUT2D eigenvalue weighted by Gasteiger charge is -1.97. The molecule has 0 atom stereocenters. The number of nitro benzene ring substituents is 1. The van der Waals surface area contributed by atoms with Crippen LogP contribution in [0.4, 0.5) is 5.69 Å². The third-order valence-corrected chi connectivity index (χ3v) is 3.59. The number of aromatic nitrogens is 1. The number of nitrogens with one attached hydrogen (secondary N) is 1. The number of aromatic amines is 1. The van der Waals surface area contributed by atoms with Gasteiger partial charge in [0.05, 0.1) is 4.92 Å². The van der Waals surface area contributed by atoms with Gasteiger partial charge in [-0.25, -0.2) is 0 Å². The molecule has 84 valence electrons. The summed E-state index contributed by atoms with van der Waals surface area (Å²) in [6.45, 7) is 0. The van der Waals surface area contributed by atoms with Crippen molar-refractivity contribution in [3.8, 4) is 0 Å². The predicted molar refractivity (Wildman–Crippen MR) is 70.2 cm³/mol. The molecule has 0 bridgehead atoms. The molecule has 0 aliphatic rings. The number of para-hydroxylation sites is 1. The number of halogens is 1. The molecule has 3 aromatic rings. The van der Waals surface area contributed by atoms with E-state index in [4.69, 9.17) is 0 Å². The van der Waals surface area contributed by atoms with Crippen molar-refractivity contribution in [1.29, 1.82) is 0 Å². The lowest BCUT2D eigenvalue weighted by molar-refractivity contribution is -0.385. The van der Waals surface area contributed by atoms with Gasteiger partial charge in [0.2, 0.25) is 0 Å². The van der Waals surface area contributed by atoms with Crippen LogP contribution in [0.5, 0.6) is 0 Å². The maximum absolute atomic E-state index is 10.9. The first-order valence-electron chi connectivity index (χ1n) is 5.02. The summed E-state index contributed by atoms with van der Waals surface area (Å²) in [4.78, 5) is 13.7. The van der Waals surface area contributed by atoms with E-state index in [-0.39, 0.29) is 10.6 Å². The summed E-state index contributed by atoms with van der Waals surface area (Å²) in [5.74, 6) is 0. The molecule has 0 aliphatic carbocycles. The van der Waals surface area contributed by atoms with E-state index in [1.54, 1.807) is 6.07 Å². The van der Waals surface area contributed by atoms with Crippen LogP contribution in [0, 0.1) is 10.1 Å². The first-order valence-corrected chi connectivity index (χ1v) is 5.81. The first-order chi connectivity index (χ1) is 8.18. The summed E-state index contributed by atoms with van der Waals surface area (Å²) in [5, 5.41) is 12.7. The van der Waals surface area contributed by atoms with Gasteiger partial charge in [-0.2, -0.15) is 0 Å². The third kappa shape index (κ3) is 1.43. The molecule has 0 aliphatic heterocycles. The second-order valence-electron chi connectivity index (χ2n) is 3.75. The average molecular weight is 291 g/mol. The van der Waals surface area contributed by atoms with Crippen LogP contribution in [-0.2, 0) is 0 Å². The standard InChI is InChI=1S/C12H7BrN2O2/c13-12-10(15(16)17)6-5-9-11(12)7-3-1-2-4-8(7)14-9/h1-6,14H. The summed E-state index contributed by atoms with van der Waals surface area (Å²) in [5.41, 5.74) is 1.95. The summed E-state index contributed by atoms with van der Waals surface area (Å²) in [6, 6.07) is 11.0. The Labute approximate surface area is 105 Å².